The van der Waals surface area contributed by atoms with E-state index in [0.29, 0.717) is 11.3 Å². The second-order valence-electron chi connectivity index (χ2n) is 6.66. The summed E-state index contributed by atoms with van der Waals surface area (Å²) < 4.78 is 11.4. The van der Waals surface area contributed by atoms with Crippen molar-refractivity contribution in [1.29, 1.82) is 0 Å². The highest BCUT2D eigenvalue weighted by Crippen LogP contribution is 2.30. The zero-order valence-electron chi connectivity index (χ0n) is 13.2. The van der Waals surface area contributed by atoms with Gasteiger partial charge in [0.1, 0.15) is 0 Å². The van der Waals surface area contributed by atoms with Gasteiger partial charge in [0.15, 0.2) is 0 Å². The minimum atomic E-state index is -0.682. The van der Waals surface area contributed by atoms with Gasteiger partial charge < -0.3 is 10.6 Å². The van der Waals surface area contributed by atoms with Crippen LogP contribution in [0.25, 0.3) is 0 Å². The van der Waals surface area contributed by atoms with Gasteiger partial charge in [0.2, 0.25) is 0 Å². The second kappa shape index (κ2) is 8.50. The second-order valence-corrected chi connectivity index (χ2v) is 8.47. The van der Waals surface area contributed by atoms with Crippen LogP contribution >= 0.6 is 0 Å². The molecule has 0 radical (unpaired) electrons. The number of hydrogen-bond donors (Lipinski definition) is 2. The van der Waals surface area contributed by atoms with E-state index < -0.39 is 10.8 Å². The maximum Gasteiger partial charge on any atom is 0.0329 e. The lowest BCUT2D eigenvalue weighted by Crippen LogP contribution is -2.50. The normalized spacial score (nSPS) is 34.6. The van der Waals surface area contributed by atoms with Crippen LogP contribution in [0.3, 0.4) is 0 Å². The number of nitrogens with one attached hydrogen (secondary N) is 2. The predicted molar refractivity (Wildman–Crippen MR) is 87.5 cm³/mol. The monoisotopic (exact) mass is 300 g/mol. The summed E-state index contributed by atoms with van der Waals surface area (Å²) in [4.78, 5) is 0. The van der Waals surface area contributed by atoms with Crippen molar-refractivity contribution in [3.63, 3.8) is 0 Å². The van der Waals surface area contributed by atoms with Crippen LogP contribution in [0.4, 0.5) is 0 Å². The van der Waals surface area contributed by atoms with Crippen LogP contribution in [0.2, 0.25) is 0 Å². The fourth-order valence-electron chi connectivity index (χ4n) is 3.78. The fraction of sp³-hybridized carbons (Fsp3) is 1.00. The Morgan fingerprint density at radius 3 is 2.65 bits per heavy atom. The van der Waals surface area contributed by atoms with E-state index in [-0.39, 0.29) is 0 Å². The van der Waals surface area contributed by atoms with Gasteiger partial charge in [-0.2, -0.15) is 0 Å². The van der Waals surface area contributed by atoms with Gasteiger partial charge in [-0.05, 0) is 51.1 Å². The Balaban J connectivity index is 1.79. The first-order valence-electron chi connectivity index (χ1n) is 8.47. The summed E-state index contributed by atoms with van der Waals surface area (Å²) in [5.41, 5.74) is 0. The zero-order valence-corrected chi connectivity index (χ0v) is 14.0. The van der Waals surface area contributed by atoms with E-state index in [9.17, 15) is 4.21 Å². The molecule has 1 aliphatic heterocycles. The lowest BCUT2D eigenvalue weighted by Gasteiger charge is -2.40. The first-order chi connectivity index (χ1) is 9.68. The van der Waals surface area contributed by atoms with Crippen LogP contribution in [-0.4, -0.2) is 40.9 Å². The van der Waals surface area contributed by atoms with Crippen LogP contribution in [0.5, 0.6) is 0 Å². The highest BCUT2D eigenvalue weighted by molar-refractivity contribution is 7.84. The molecule has 1 saturated heterocycles. The third-order valence-corrected chi connectivity index (χ3v) is 6.58. The summed E-state index contributed by atoms with van der Waals surface area (Å²) in [6.45, 7) is 4.33. The lowest BCUT2D eigenvalue weighted by molar-refractivity contribution is 0.182. The van der Waals surface area contributed by atoms with E-state index in [0.717, 1.165) is 24.9 Å². The third-order valence-electron chi connectivity index (χ3n) is 5.21. The summed E-state index contributed by atoms with van der Waals surface area (Å²) >= 11 is 0. The van der Waals surface area contributed by atoms with Crippen molar-refractivity contribution in [2.75, 3.05) is 19.3 Å². The van der Waals surface area contributed by atoms with Crippen molar-refractivity contribution in [3.05, 3.63) is 0 Å². The van der Waals surface area contributed by atoms with Gasteiger partial charge in [0.05, 0.1) is 0 Å². The maximum atomic E-state index is 11.4. The molecule has 1 saturated carbocycles. The molecule has 0 amide bonds. The van der Waals surface area contributed by atoms with Gasteiger partial charge in [0.25, 0.3) is 0 Å². The molecule has 20 heavy (non-hydrogen) atoms. The summed E-state index contributed by atoms with van der Waals surface area (Å²) in [6, 6.07) is 1.41. The molecule has 5 unspecified atom stereocenters. The van der Waals surface area contributed by atoms with E-state index in [1.54, 1.807) is 0 Å². The molecule has 0 aromatic carbocycles. The Morgan fingerprint density at radius 2 is 1.95 bits per heavy atom. The van der Waals surface area contributed by atoms with Crippen LogP contribution in [0.1, 0.15) is 58.3 Å². The predicted octanol–water partition coefficient (Wildman–Crippen LogP) is 2.43. The van der Waals surface area contributed by atoms with E-state index in [1.807, 2.05) is 6.26 Å². The Bertz CT molecular complexity index is 305. The SMILES string of the molecule is CC(CCNC1CCCCC1C1CCCCN1)S(C)=O. The molecular formula is C16H32N2OS. The van der Waals surface area contributed by atoms with Crippen molar-refractivity contribution < 1.29 is 4.21 Å². The fourth-order valence-corrected chi connectivity index (χ4v) is 4.23. The Hall–Kier alpha value is 0.0700. The molecule has 1 heterocycles. The molecule has 0 aromatic rings. The summed E-state index contributed by atoms with van der Waals surface area (Å²) in [6.07, 6.45) is 12.4. The minimum absolute atomic E-state index is 0.317. The van der Waals surface area contributed by atoms with E-state index in [2.05, 4.69) is 17.6 Å². The first-order valence-corrected chi connectivity index (χ1v) is 10.1. The van der Waals surface area contributed by atoms with Crippen LogP contribution in [0.15, 0.2) is 0 Å². The van der Waals surface area contributed by atoms with E-state index >= 15 is 0 Å². The number of piperidine rings is 1. The van der Waals surface area contributed by atoms with Gasteiger partial charge in [-0.3, -0.25) is 4.21 Å². The number of hydrogen-bond acceptors (Lipinski definition) is 3. The van der Waals surface area contributed by atoms with Gasteiger partial charge in [-0.1, -0.05) is 26.2 Å². The summed E-state index contributed by atoms with van der Waals surface area (Å²) in [7, 11) is -0.682. The molecular weight excluding hydrogens is 268 g/mol. The molecule has 0 bridgehead atoms. The summed E-state index contributed by atoms with van der Waals surface area (Å²) in [5, 5.41) is 7.84. The topological polar surface area (TPSA) is 41.1 Å². The molecule has 0 aromatic heterocycles. The molecule has 2 rings (SSSR count). The van der Waals surface area contributed by atoms with Crippen molar-refractivity contribution in [2.45, 2.75) is 75.6 Å². The first kappa shape index (κ1) is 16.4. The van der Waals surface area contributed by atoms with Crippen LogP contribution in [0, 0.1) is 5.92 Å². The molecule has 4 heteroatoms. The average Bonchev–Trinajstić information content (AvgIpc) is 2.48. The molecule has 2 fully saturated rings. The van der Waals surface area contributed by atoms with Gasteiger partial charge in [-0.25, -0.2) is 0 Å². The Labute approximate surface area is 127 Å². The highest BCUT2D eigenvalue weighted by Gasteiger charge is 2.32. The van der Waals surface area contributed by atoms with Crippen molar-refractivity contribution in [2.24, 2.45) is 5.92 Å². The van der Waals surface area contributed by atoms with Crippen molar-refractivity contribution >= 4 is 10.8 Å². The molecule has 2 N–H and O–H groups in total. The largest absolute Gasteiger partial charge is 0.314 e. The smallest absolute Gasteiger partial charge is 0.0329 e. The Kier molecular flexibility index (Phi) is 6.99. The third kappa shape index (κ3) is 4.81. The molecule has 118 valence electrons. The maximum absolute atomic E-state index is 11.4. The van der Waals surface area contributed by atoms with Gasteiger partial charge >= 0.3 is 0 Å². The molecule has 0 spiro atoms. The quantitative estimate of drug-likeness (QED) is 0.791. The van der Waals surface area contributed by atoms with Gasteiger partial charge in [-0.15, -0.1) is 0 Å². The van der Waals surface area contributed by atoms with Gasteiger partial charge in [0, 0.05) is 34.4 Å². The standard InChI is InChI=1S/C16H32N2OS/c1-13(20(2)19)10-12-18-16-8-4-3-7-14(16)15-9-5-6-11-17-15/h13-18H,3-12H2,1-2H3. The summed E-state index contributed by atoms with van der Waals surface area (Å²) in [5.74, 6) is 0.812. The number of rotatable bonds is 6. The van der Waals surface area contributed by atoms with E-state index in [4.69, 9.17) is 0 Å². The molecule has 1 aliphatic carbocycles. The van der Waals surface area contributed by atoms with Crippen LogP contribution in [-0.2, 0) is 10.8 Å². The minimum Gasteiger partial charge on any atom is -0.314 e. The van der Waals surface area contributed by atoms with Crippen LogP contribution < -0.4 is 10.6 Å². The molecule has 5 atom stereocenters. The average molecular weight is 301 g/mol. The highest BCUT2D eigenvalue weighted by atomic mass is 32.2. The van der Waals surface area contributed by atoms with Crippen molar-refractivity contribution in [3.8, 4) is 0 Å². The van der Waals surface area contributed by atoms with Crippen molar-refractivity contribution in [1.82, 2.24) is 10.6 Å². The lowest BCUT2D eigenvalue weighted by atomic mass is 9.77. The van der Waals surface area contributed by atoms with E-state index in [1.165, 1.54) is 51.5 Å². The zero-order chi connectivity index (χ0) is 14.4. The molecule has 3 nitrogen and oxygen atoms in total. The molecule has 2 aliphatic rings. The Morgan fingerprint density at radius 1 is 1.20 bits per heavy atom.